The minimum absolute atomic E-state index is 0.814. The summed E-state index contributed by atoms with van der Waals surface area (Å²) < 4.78 is 0. The Hall–Kier alpha value is -1.36. The number of rotatable bonds is 10. The lowest BCUT2D eigenvalue weighted by molar-refractivity contribution is 0.337. The van der Waals surface area contributed by atoms with Gasteiger partial charge in [-0.1, -0.05) is 20.3 Å². The maximum absolute atomic E-state index is 4.44. The molecule has 1 fully saturated rings. The van der Waals surface area contributed by atoms with Gasteiger partial charge in [-0.15, -0.1) is 0 Å². The minimum Gasteiger partial charge on any atom is -0.370 e. The van der Waals surface area contributed by atoms with Gasteiger partial charge in [0.2, 0.25) is 0 Å². The SMILES string of the molecule is CCCNc1ncnc(NCCN(C)C2CC2)c1CCC. The molecule has 1 aliphatic carbocycles. The average Bonchev–Trinajstić information content (AvgIpc) is 3.32. The van der Waals surface area contributed by atoms with Crippen molar-refractivity contribution >= 4 is 11.6 Å². The first-order valence-electron chi connectivity index (χ1n) is 8.28. The van der Waals surface area contributed by atoms with Crippen LogP contribution in [-0.4, -0.2) is 47.6 Å². The molecule has 2 rings (SSSR count). The Kier molecular flexibility index (Phi) is 6.23. The summed E-state index contributed by atoms with van der Waals surface area (Å²) in [4.78, 5) is 11.3. The van der Waals surface area contributed by atoms with Crippen LogP contribution in [0.15, 0.2) is 6.33 Å². The predicted octanol–water partition coefficient (Wildman–Crippen LogP) is 2.76. The van der Waals surface area contributed by atoms with E-state index < -0.39 is 0 Å². The fraction of sp³-hybridized carbons (Fsp3) is 0.750. The molecule has 0 radical (unpaired) electrons. The summed E-state index contributed by atoms with van der Waals surface area (Å²) in [7, 11) is 2.21. The van der Waals surface area contributed by atoms with E-state index >= 15 is 0 Å². The Morgan fingerprint density at radius 3 is 2.33 bits per heavy atom. The number of hydrogen-bond acceptors (Lipinski definition) is 5. The van der Waals surface area contributed by atoms with Crippen LogP contribution in [0.3, 0.4) is 0 Å². The summed E-state index contributed by atoms with van der Waals surface area (Å²) in [6.45, 7) is 7.32. The Morgan fingerprint density at radius 2 is 1.76 bits per heavy atom. The molecule has 0 aromatic carbocycles. The van der Waals surface area contributed by atoms with Crippen molar-refractivity contribution in [1.29, 1.82) is 0 Å². The highest BCUT2D eigenvalue weighted by molar-refractivity contribution is 5.57. The summed E-state index contributed by atoms with van der Waals surface area (Å²) in [6.07, 6.45) is 7.58. The summed E-state index contributed by atoms with van der Waals surface area (Å²) in [6, 6.07) is 0.814. The summed E-state index contributed by atoms with van der Waals surface area (Å²) in [5.74, 6) is 1.99. The highest BCUT2D eigenvalue weighted by Gasteiger charge is 2.25. The molecule has 0 atom stereocenters. The smallest absolute Gasteiger partial charge is 0.134 e. The van der Waals surface area contributed by atoms with Crippen LogP contribution in [0.25, 0.3) is 0 Å². The molecule has 1 aromatic rings. The highest BCUT2D eigenvalue weighted by atomic mass is 15.2. The largest absolute Gasteiger partial charge is 0.370 e. The Morgan fingerprint density at radius 1 is 1.10 bits per heavy atom. The molecule has 0 spiro atoms. The fourth-order valence-corrected chi connectivity index (χ4v) is 2.50. The molecule has 2 N–H and O–H groups in total. The van der Waals surface area contributed by atoms with Gasteiger partial charge in [0.05, 0.1) is 0 Å². The Balaban J connectivity index is 1.95. The van der Waals surface area contributed by atoms with Crippen molar-refractivity contribution in [3.8, 4) is 0 Å². The zero-order valence-electron chi connectivity index (χ0n) is 13.7. The lowest BCUT2D eigenvalue weighted by atomic mass is 10.1. The Bertz CT molecular complexity index is 431. The van der Waals surface area contributed by atoms with E-state index in [2.05, 4.69) is 46.4 Å². The molecule has 0 aliphatic heterocycles. The lowest BCUT2D eigenvalue weighted by Gasteiger charge is -2.18. The van der Waals surface area contributed by atoms with E-state index in [1.807, 2.05) is 0 Å². The third-order valence-corrected chi connectivity index (χ3v) is 3.91. The van der Waals surface area contributed by atoms with Crippen LogP contribution in [-0.2, 0) is 6.42 Å². The molecule has 1 aliphatic rings. The summed E-state index contributed by atoms with van der Waals surface area (Å²) >= 11 is 0. The topological polar surface area (TPSA) is 53.1 Å². The second kappa shape index (κ2) is 8.17. The van der Waals surface area contributed by atoms with Crippen LogP contribution in [0.4, 0.5) is 11.6 Å². The standard InChI is InChI=1S/C16H29N5/c1-4-6-14-15(17-9-5-2)19-12-20-16(14)18-10-11-21(3)13-7-8-13/h12-13H,4-11H2,1-3H3,(H2,17,18,19,20). The normalized spacial score (nSPS) is 14.5. The van der Waals surface area contributed by atoms with E-state index in [4.69, 9.17) is 0 Å². The first-order chi connectivity index (χ1) is 10.3. The molecule has 0 bridgehead atoms. The molecule has 1 aromatic heterocycles. The first kappa shape index (κ1) is 16.0. The van der Waals surface area contributed by atoms with Gasteiger partial charge in [-0.05, 0) is 32.7 Å². The molecule has 0 saturated heterocycles. The van der Waals surface area contributed by atoms with Gasteiger partial charge >= 0.3 is 0 Å². The number of hydrogen-bond donors (Lipinski definition) is 2. The second-order valence-corrected chi connectivity index (χ2v) is 5.86. The van der Waals surface area contributed by atoms with E-state index in [1.165, 1.54) is 18.4 Å². The van der Waals surface area contributed by atoms with Crippen molar-refractivity contribution in [2.24, 2.45) is 0 Å². The van der Waals surface area contributed by atoms with Crippen LogP contribution in [0.2, 0.25) is 0 Å². The van der Waals surface area contributed by atoms with Crippen molar-refractivity contribution in [1.82, 2.24) is 14.9 Å². The molecular weight excluding hydrogens is 262 g/mol. The van der Waals surface area contributed by atoms with Crippen molar-refractivity contribution < 1.29 is 0 Å². The van der Waals surface area contributed by atoms with Gasteiger partial charge in [0.25, 0.3) is 0 Å². The van der Waals surface area contributed by atoms with Gasteiger partial charge in [-0.25, -0.2) is 9.97 Å². The van der Waals surface area contributed by atoms with Gasteiger partial charge in [0.15, 0.2) is 0 Å². The van der Waals surface area contributed by atoms with E-state index in [0.717, 1.165) is 56.6 Å². The van der Waals surface area contributed by atoms with Crippen molar-refractivity contribution in [2.75, 3.05) is 37.3 Å². The van der Waals surface area contributed by atoms with Crippen LogP contribution < -0.4 is 10.6 Å². The molecule has 5 heteroatoms. The monoisotopic (exact) mass is 291 g/mol. The van der Waals surface area contributed by atoms with E-state index in [-0.39, 0.29) is 0 Å². The van der Waals surface area contributed by atoms with Crippen molar-refractivity contribution in [2.45, 2.75) is 52.0 Å². The van der Waals surface area contributed by atoms with E-state index in [0.29, 0.717) is 0 Å². The number of nitrogens with one attached hydrogen (secondary N) is 2. The molecule has 21 heavy (non-hydrogen) atoms. The fourth-order valence-electron chi connectivity index (χ4n) is 2.50. The summed E-state index contributed by atoms with van der Waals surface area (Å²) in [5, 5.41) is 6.91. The van der Waals surface area contributed by atoms with Crippen LogP contribution in [0, 0.1) is 0 Å². The molecular formula is C16H29N5. The highest BCUT2D eigenvalue weighted by Crippen LogP contribution is 2.25. The van der Waals surface area contributed by atoms with Gasteiger partial charge < -0.3 is 15.5 Å². The number of aromatic nitrogens is 2. The zero-order chi connectivity index (χ0) is 15.1. The number of likely N-dealkylation sites (N-methyl/N-ethyl adjacent to an activating group) is 1. The first-order valence-corrected chi connectivity index (χ1v) is 8.28. The number of nitrogens with zero attached hydrogens (tertiary/aromatic N) is 3. The molecule has 118 valence electrons. The van der Waals surface area contributed by atoms with E-state index in [1.54, 1.807) is 6.33 Å². The van der Waals surface area contributed by atoms with Gasteiger partial charge in [0, 0.05) is 31.2 Å². The lowest BCUT2D eigenvalue weighted by Crippen LogP contribution is -2.27. The second-order valence-electron chi connectivity index (χ2n) is 5.86. The van der Waals surface area contributed by atoms with Crippen LogP contribution in [0.1, 0.15) is 45.1 Å². The van der Waals surface area contributed by atoms with Gasteiger partial charge in [0.1, 0.15) is 18.0 Å². The summed E-state index contributed by atoms with van der Waals surface area (Å²) in [5.41, 5.74) is 1.22. The Labute approximate surface area is 128 Å². The van der Waals surface area contributed by atoms with E-state index in [9.17, 15) is 0 Å². The quantitative estimate of drug-likeness (QED) is 0.694. The van der Waals surface area contributed by atoms with Crippen molar-refractivity contribution in [3.05, 3.63) is 11.9 Å². The molecule has 1 saturated carbocycles. The average molecular weight is 291 g/mol. The third-order valence-electron chi connectivity index (χ3n) is 3.91. The predicted molar refractivity (Wildman–Crippen MR) is 88.9 cm³/mol. The minimum atomic E-state index is 0.814. The van der Waals surface area contributed by atoms with Crippen molar-refractivity contribution in [3.63, 3.8) is 0 Å². The maximum Gasteiger partial charge on any atom is 0.134 e. The zero-order valence-corrected chi connectivity index (χ0v) is 13.7. The maximum atomic E-state index is 4.44. The van der Waals surface area contributed by atoms with Gasteiger partial charge in [-0.3, -0.25) is 0 Å². The third kappa shape index (κ3) is 4.84. The molecule has 5 nitrogen and oxygen atoms in total. The van der Waals surface area contributed by atoms with Crippen LogP contribution in [0.5, 0.6) is 0 Å². The van der Waals surface area contributed by atoms with Crippen LogP contribution >= 0.6 is 0 Å². The number of anilines is 2. The molecule has 0 unspecified atom stereocenters. The van der Waals surface area contributed by atoms with Gasteiger partial charge in [-0.2, -0.15) is 0 Å². The molecule has 0 amide bonds. The molecule has 1 heterocycles.